The summed E-state index contributed by atoms with van der Waals surface area (Å²) in [5.74, 6) is 1.69. The van der Waals surface area contributed by atoms with Crippen molar-refractivity contribution in [2.45, 2.75) is 24.5 Å². The van der Waals surface area contributed by atoms with E-state index >= 15 is 0 Å². The molecule has 0 unspecified atom stereocenters. The van der Waals surface area contributed by atoms with Crippen LogP contribution in [0.5, 0.6) is 17.2 Å². The van der Waals surface area contributed by atoms with Crippen molar-refractivity contribution in [2.75, 3.05) is 43.3 Å². The molecule has 44 heavy (non-hydrogen) atoms. The molecule has 16 heteroatoms. The van der Waals surface area contributed by atoms with E-state index in [2.05, 4.69) is 30.2 Å². The second-order valence-corrected chi connectivity index (χ2v) is 11.1. The van der Waals surface area contributed by atoms with E-state index in [1.807, 2.05) is 0 Å². The molecule has 0 aliphatic carbocycles. The molecule has 1 fully saturated rings. The van der Waals surface area contributed by atoms with E-state index in [0.717, 1.165) is 6.07 Å². The van der Waals surface area contributed by atoms with E-state index in [1.54, 1.807) is 12.1 Å². The van der Waals surface area contributed by atoms with Gasteiger partial charge in [0.2, 0.25) is 0 Å². The van der Waals surface area contributed by atoms with Gasteiger partial charge >= 0.3 is 0 Å². The number of ether oxygens (including phenoxy) is 3. The predicted octanol–water partition coefficient (Wildman–Crippen LogP) is 2.35. The van der Waals surface area contributed by atoms with Crippen LogP contribution >= 0.6 is 11.8 Å². The topological polar surface area (TPSA) is 196 Å². The fourth-order valence-corrected chi connectivity index (χ4v) is 5.89. The van der Waals surface area contributed by atoms with Crippen LogP contribution in [0.1, 0.15) is 6.23 Å². The van der Waals surface area contributed by atoms with Gasteiger partial charge in [-0.1, -0.05) is 0 Å². The van der Waals surface area contributed by atoms with E-state index in [0.29, 0.717) is 63.0 Å². The van der Waals surface area contributed by atoms with E-state index in [1.165, 1.54) is 55.3 Å². The second-order valence-electron chi connectivity index (χ2n) is 9.92. The molecule has 0 amide bonds. The fraction of sp³-hybridized carbons (Fsp3) is 0.321. The van der Waals surface area contributed by atoms with Crippen LogP contribution in [0.25, 0.3) is 33.5 Å². The lowest BCUT2D eigenvalue weighted by atomic mass is 10.1. The number of anilines is 2. The first-order valence-corrected chi connectivity index (χ1v) is 14.6. The molecule has 4 heterocycles. The van der Waals surface area contributed by atoms with Crippen molar-refractivity contribution >= 4 is 45.5 Å². The Labute approximate surface area is 254 Å². The number of rotatable bonds is 10. The van der Waals surface area contributed by atoms with Gasteiger partial charge in [0.05, 0.1) is 32.2 Å². The quantitative estimate of drug-likeness (QED) is 0.142. The number of nitrogens with two attached hydrogens (primary N) is 1. The van der Waals surface area contributed by atoms with E-state index in [9.17, 15) is 19.7 Å². The van der Waals surface area contributed by atoms with Gasteiger partial charge in [0, 0.05) is 35.1 Å². The predicted molar refractivity (Wildman–Crippen MR) is 161 cm³/mol. The number of thioether (sulfide) groups is 1. The molecular weight excluding hydrogens is 595 g/mol. The van der Waals surface area contributed by atoms with Crippen molar-refractivity contribution < 1.29 is 33.9 Å². The maximum Gasteiger partial charge on any atom is 0.167 e. The van der Waals surface area contributed by atoms with Crippen molar-refractivity contribution in [3.05, 3.63) is 48.8 Å². The molecule has 1 saturated heterocycles. The Balaban J connectivity index is 1.15. The molecule has 4 atom stereocenters. The SMILES string of the molecule is COc1cc2nc(-c3ccc(F)c(O)c3)nc(NCCSC[C@H]3O[C@@H](n4cnc5c(N)ncnc54)[C@H](O)[C@@H]3O)c2cc1OC. The lowest BCUT2D eigenvalue weighted by molar-refractivity contribution is -0.0288. The van der Waals surface area contributed by atoms with Crippen LogP contribution in [0.2, 0.25) is 0 Å². The third kappa shape index (κ3) is 5.47. The summed E-state index contributed by atoms with van der Waals surface area (Å²) in [7, 11) is 3.05. The number of hydrogen-bond donors (Lipinski definition) is 5. The minimum atomic E-state index is -1.20. The number of nitrogens with one attached hydrogen (secondary N) is 1. The Bertz CT molecular complexity index is 1830. The Hall–Kier alpha value is -4.51. The number of nitrogen functional groups attached to an aromatic ring is 1. The van der Waals surface area contributed by atoms with E-state index < -0.39 is 36.1 Å². The molecule has 2 aromatic carbocycles. The highest BCUT2D eigenvalue weighted by molar-refractivity contribution is 7.99. The molecular formula is C28H29FN8O6S. The van der Waals surface area contributed by atoms with Crippen LogP contribution in [0.3, 0.4) is 0 Å². The molecule has 1 aliphatic rings. The number of imidazole rings is 1. The van der Waals surface area contributed by atoms with Gasteiger partial charge in [0.1, 0.15) is 29.9 Å². The average Bonchev–Trinajstić information content (AvgIpc) is 3.58. The number of fused-ring (bicyclic) bond motifs is 2. The van der Waals surface area contributed by atoms with Gasteiger partial charge < -0.3 is 40.6 Å². The lowest BCUT2D eigenvalue weighted by Gasteiger charge is -2.16. The largest absolute Gasteiger partial charge is 0.505 e. The van der Waals surface area contributed by atoms with Crippen LogP contribution < -0.4 is 20.5 Å². The minimum Gasteiger partial charge on any atom is -0.505 e. The fourth-order valence-electron chi connectivity index (χ4n) is 4.97. The molecule has 230 valence electrons. The van der Waals surface area contributed by atoms with E-state index in [-0.39, 0.29) is 11.6 Å². The van der Waals surface area contributed by atoms with Crippen LogP contribution in [-0.4, -0.2) is 95.4 Å². The van der Waals surface area contributed by atoms with E-state index in [4.69, 9.17) is 19.9 Å². The summed E-state index contributed by atoms with van der Waals surface area (Å²) in [6, 6.07) is 7.38. The number of methoxy groups -OCH3 is 2. The Morgan fingerprint density at radius 1 is 1.07 bits per heavy atom. The first-order valence-electron chi connectivity index (χ1n) is 13.5. The molecule has 5 aromatic rings. The molecule has 0 spiro atoms. The zero-order valence-electron chi connectivity index (χ0n) is 23.6. The third-order valence-corrected chi connectivity index (χ3v) is 8.28. The zero-order valence-corrected chi connectivity index (χ0v) is 24.4. The number of phenols is 1. The van der Waals surface area contributed by atoms with Crippen molar-refractivity contribution in [3.8, 4) is 28.6 Å². The number of aromatic nitrogens is 6. The lowest BCUT2D eigenvalue weighted by Crippen LogP contribution is -2.32. The van der Waals surface area contributed by atoms with Crippen molar-refractivity contribution in [1.29, 1.82) is 0 Å². The molecule has 1 aliphatic heterocycles. The summed E-state index contributed by atoms with van der Waals surface area (Å²) >= 11 is 1.51. The number of nitrogens with zero attached hydrogens (tertiary/aromatic N) is 6. The van der Waals surface area contributed by atoms with Gasteiger partial charge in [-0.05, 0) is 24.3 Å². The smallest absolute Gasteiger partial charge is 0.167 e. The highest BCUT2D eigenvalue weighted by Crippen LogP contribution is 2.36. The maximum atomic E-state index is 13.7. The first kappa shape index (κ1) is 29.6. The number of benzene rings is 2. The molecule has 6 rings (SSSR count). The second kappa shape index (κ2) is 12.2. The summed E-state index contributed by atoms with van der Waals surface area (Å²) < 4.78 is 32.2. The first-order chi connectivity index (χ1) is 21.3. The molecule has 14 nitrogen and oxygen atoms in total. The number of aromatic hydroxyl groups is 1. The Morgan fingerprint density at radius 3 is 2.64 bits per heavy atom. The van der Waals surface area contributed by atoms with Crippen LogP contribution in [0, 0.1) is 5.82 Å². The summed E-state index contributed by atoms with van der Waals surface area (Å²) in [5.41, 5.74) is 7.63. The van der Waals surface area contributed by atoms with Crippen LogP contribution in [-0.2, 0) is 4.74 Å². The van der Waals surface area contributed by atoms with Gasteiger partial charge in [0.25, 0.3) is 0 Å². The number of hydrogen-bond acceptors (Lipinski definition) is 14. The van der Waals surface area contributed by atoms with Gasteiger partial charge in [0.15, 0.2) is 46.6 Å². The van der Waals surface area contributed by atoms with Crippen LogP contribution in [0.15, 0.2) is 43.0 Å². The van der Waals surface area contributed by atoms with Crippen molar-refractivity contribution in [3.63, 3.8) is 0 Å². The molecule has 3 aromatic heterocycles. The summed E-state index contributed by atoms with van der Waals surface area (Å²) in [4.78, 5) is 21.6. The number of aliphatic hydroxyl groups excluding tert-OH is 2. The minimum absolute atomic E-state index is 0.207. The molecule has 0 saturated carbocycles. The summed E-state index contributed by atoms with van der Waals surface area (Å²) in [6.45, 7) is 0.469. The Kier molecular flexibility index (Phi) is 8.22. The number of aliphatic hydroxyl groups is 2. The van der Waals surface area contributed by atoms with Gasteiger partial charge in [-0.25, -0.2) is 29.3 Å². The zero-order chi connectivity index (χ0) is 31.0. The van der Waals surface area contributed by atoms with Crippen LogP contribution in [0.4, 0.5) is 16.0 Å². The standard InChI is InChI=1S/C28H29FN8O6S/c1-41-18-8-14-16(9-19(18)42-2)35-25(13-3-4-15(29)17(38)7-13)36-26(14)31-5-6-44-10-20-22(39)23(40)28(43-20)37-12-34-21-24(30)32-11-33-27(21)37/h3-4,7-9,11-12,20,22-23,28,38-40H,5-6,10H2,1-2H3,(H2,30,32,33)(H,31,35,36)/t20-,22-,23-,28-/m1/s1. The van der Waals surface area contributed by atoms with Crippen molar-refractivity contribution in [2.24, 2.45) is 0 Å². The summed E-state index contributed by atoms with van der Waals surface area (Å²) in [6.07, 6.45) is -1.11. The maximum absolute atomic E-state index is 13.7. The molecule has 0 bridgehead atoms. The highest BCUT2D eigenvalue weighted by atomic mass is 32.2. The van der Waals surface area contributed by atoms with Gasteiger partial charge in [-0.15, -0.1) is 0 Å². The molecule has 0 radical (unpaired) electrons. The number of halogens is 1. The number of phenolic OH excluding ortho intramolecular Hbond substituents is 1. The summed E-state index contributed by atoms with van der Waals surface area (Å²) in [5, 5.41) is 35.3. The Morgan fingerprint density at radius 2 is 1.86 bits per heavy atom. The van der Waals surface area contributed by atoms with Gasteiger partial charge in [-0.2, -0.15) is 11.8 Å². The normalized spacial score (nSPS) is 19.9. The van der Waals surface area contributed by atoms with Gasteiger partial charge in [-0.3, -0.25) is 4.57 Å². The highest BCUT2D eigenvalue weighted by Gasteiger charge is 2.44. The third-order valence-electron chi connectivity index (χ3n) is 7.22. The molecule has 6 N–H and O–H groups in total. The average molecular weight is 625 g/mol. The monoisotopic (exact) mass is 624 g/mol. The van der Waals surface area contributed by atoms with Crippen molar-refractivity contribution in [1.82, 2.24) is 29.5 Å².